The third kappa shape index (κ3) is 2.94. The number of benzene rings is 3. The summed E-state index contributed by atoms with van der Waals surface area (Å²) in [5, 5.41) is 2.08. The summed E-state index contributed by atoms with van der Waals surface area (Å²) in [6.45, 7) is 0. The first-order chi connectivity index (χ1) is 13.2. The molecule has 0 aliphatic heterocycles. The lowest BCUT2D eigenvalue weighted by atomic mass is 10.1. The molecule has 0 spiro atoms. The number of fused-ring (bicyclic) bond motifs is 3. The monoisotopic (exact) mass is 467 g/mol. The molecule has 0 atom stereocenters. The normalized spacial score (nSPS) is 11.4. The van der Waals surface area contributed by atoms with Crippen LogP contribution in [-0.2, 0) is 0 Å². The Morgan fingerprint density at radius 2 is 1.37 bits per heavy atom. The van der Waals surface area contributed by atoms with Gasteiger partial charge in [0.2, 0.25) is 5.43 Å². The average molecular weight is 467 g/mol. The minimum atomic E-state index is -0.530. The summed E-state index contributed by atoms with van der Waals surface area (Å²) in [5.41, 5.74) is 1.42. The molecule has 0 fully saturated rings. The zero-order chi connectivity index (χ0) is 18.4. The summed E-state index contributed by atoms with van der Waals surface area (Å²) < 4.78 is 13.4. The minimum Gasteiger partial charge on any atom is -0.456 e. The first-order valence-corrected chi connectivity index (χ1v) is 10.5. The van der Waals surface area contributed by atoms with Crippen LogP contribution in [-0.4, -0.2) is 0 Å². The molecule has 27 heavy (non-hydrogen) atoms. The van der Waals surface area contributed by atoms with Gasteiger partial charge in [0.05, 0.1) is 10.8 Å². The van der Waals surface area contributed by atoms with Crippen molar-refractivity contribution in [2.24, 2.45) is 0 Å². The number of para-hydroxylation sites is 1. The van der Waals surface area contributed by atoms with Gasteiger partial charge in [-0.25, -0.2) is 4.79 Å². The molecule has 0 N–H and O–H groups in total. The van der Waals surface area contributed by atoms with E-state index < -0.39 is 21.2 Å². The third-order valence-corrected chi connectivity index (χ3v) is 6.93. The van der Waals surface area contributed by atoms with Crippen molar-refractivity contribution >= 4 is 32.9 Å². The lowest BCUT2D eigenvalue weighted by molar-refractivity contribution is -0.597. The van der Waals surface area contributed by atoms with Gasteiger partial charge < -0.3 is 8.83 Å². The van der Waals surface area contributed by atoms with Gasteiger partial charge in [0.25, 0.3) is 0 Å². The van der Waals surface area contributed by atoms with Crippen LogP contribution in [0.15, 0.2) is 91.2 Å². The van der Waals surface area contributed by atoms with Crippen molar-refractivity contribution in [1.29, 1.82) is 0 Å². The number of halogens is 1. The van der Waals surface area contributed by atoms with Crippen molar-refractivity contribution in [3.63, 3.8) is 0 Å². The smallest absolute Gasteiger partial charge is 0.358 e. The summed E-state index contributed by atoms with van der Waals surface area (Å²) in [5.74, 6) is 0. The molecular formula is C22H12IO4+. The highest BCUT2D eigenvalue weighted by Crippen LogP contribution is 2.17. The van der Waals surface area contributed by atoms with Crippen LogP contribution >= 0.6 is 0 Å². The molecule has 0 radical (unpaired) electrons. The van der Waals surface area contributed by atoms with Crippen LogP contribution in [0.4, 0.5) is 0 Å². The van der Waals surface area contributed by atoms with Crippen molar-refractivity contribution < 1.29 is 30.0 Å². The van der Waals surface area contributed by atoms with E-state index in [-0.39, 0.29) is 11.1 Å². The molecule has 2 aromatic heterocycles. The van der Waals surface area contributed by atoms with Gasteiger partial charge >= 0.3 is 26.8 Å². The maximum absolute atomic E-state index is 12.8. The van der Waals surface area contributed by atoms with Crippen LogP contribution in [0.5, 0.6) is 0 Å². The van der Waals surface area contributed by atoms with Gasteiger partial charge in [0, 0.05) is 23.6 Å². The van der Waals surface area contributed by atoms with Crippen LogP contribution in [0.1, 0.15) is 0 Å². The van der Waals surface area contributed by atoms with Crippen molar-refractivity contribution in [3.8, 4) is 0 Å². The van der Waals surface area contributed by atoms with Crippen LogP contribution in [0, 0.1) is 7.14 Å². The first-order valence-electron chi connectivity index (χ1n) is 8.32. The van der Waals surface area contributed by atoms with Crippen molar-refractivity contribution in [1.82, 2.24) is 0 Å². The Morgan fingerprint density at radius 3 is 2.30 bits per heavy atom. The Kier molecular flexibility index (Phi) is 3.82. The van der Waals surface area contributed by atoms with Crippen molar-refractivity contribution in [2.75, 3.05) is 0 Å². The van der Waals surface area contributed by atoms with E-state index in [1.807, 2.05) is 48.5 Å². The molecule has 4 nitrogen and oxygen atoms in total. The molecule has 0 saturated carbocycles. The molecular weight excluding hydrogens is 455 g/mol. The zero-order valence-corrected chi connectivity index (χ0v) is 16.1. The molecule has 0 unspecified atom stereocenters. The minimum absolute atomic E-state index is 0.0118. The van der Waals surface area contributed by atoms with Gasteiger partial charge in [-0.05, 0) is 42.5 Å². The highest BCUT2D eigenvalue weighted by Gasteiger charge is 2.19. The van der Waals surface area contributed by atoms with Crippen molar-refractivity contribution in [3.05, 3.63) is 101 Å². The quantitative estimate of drug-likeness (QED) is 0.222. The predicted octanol–water partition coefficient (Wildman–Crippen LogP) is 1.18. The SMILES string of the molecule is O=c1ccc2ccc([I+]c3ccc4oc5ccccc5c(=O)c4c3)cc2o1. The summed E-state index contributed by atoms with van der Waals surface area (Å²) >= 11 is -0.530. The first kappa shape index (κ1) is 16.3. The summed E-state index contributed by atoms with van der Waals surface area (Å²) in [6, 6.07) is 22.2. The maximum atomic E-state index is 12.8. The second-order valence-electron chi connectivity index (χ2n) is 6.10. The van der Waals surface area contributed by atoms with Crippen LogP contribution < -0.4 is 32.3 Å². The largest absolute Gasteiger partial charge is 0.456 e. The standard InChI is InChI=1S/C22H12IO4/c24-21-10-6-13-5-7-15(12-20(13)27-21)23-14-8-9-19-17(11-14)22(25)16-3-1-2-4-18(16)26-19/h1-12H/q+1. The molecule has 130 valence electrons. The summed E-state index contributed by atoms with van der Waals surface area (Å²) in [4.78, 5) is 24.2. The van der Waals surface area contributed by atoms with Gasteiger partial charge in [-0.2, -0.15) is 0 Å². The molecule has 3 aromatic carbocycles. The topological polar surface area (TPSA) is 60.4 Å². The Balaban J connectivity index is 1.61. The molecule has 0 saturated heterocycles. The highest BCUT2D eigenvalue weighted by molar-refractivity contribution is 5.89. The van der Waals surface area contributed by atoms with E-state index in [2.05, 4.69) is 0 Å². The van der Waals surface area contributed by atoms with Crippen molar-refractivity contribution in [2.45, 2.75) is 0 Å². The average Bonchev–Trinajstić information content (AvgIpc) is 2.68. The van der Waals surface area contributed by atoms with E-state index in [1.54, 1.807) is 18.2 Å². The number of hydrogen-bond donors (Lipinski definition) is 0. The summed E-state index contributed by atoms with van der Waals surface area (Å²) in [6.07, 6.45) is 0. The van der Waals surface area contributed by atoms with E-state index in [1.165, 1.54) is 6.07 Å². The van der Waals surface area contributed by atoms with Crippen LogP contribution in [0.25, 0.3) is 32.9 Å². The Labute approximate surface area is 163 Å². The number of hydrogen-bond acceptors (Lipinski definition) is 4. The van der Waals surface area contributed by atoms with E-state index in [9.17, 15) is 9.59 Å². The van der Waals surface area contributed by atoms with Gasteiger partial charge in [-0.15, -0.1) is 0 Å². The zero-order valence-electron chi connectivity index (χ0n) is 13.9. The fourth-order valence-corrected chi connectivity index (χ4v) is 5.40. The van der Waals surface area contributed by atoms with Gasteiger partial charge in [0.1, 0.15) is 16.7 Å². The lowest BCUT2D eigenvalue weighted by Crippen LogP contribution is -3.61. The van der Waals surface area contributed by atoms with E-state index >= 15 is 0 Å². The molecule has 0 aliphatic carbocycles. The lowest BCUT2D eigenvalue weighted by Gasteiger charge is -2.00. The fraction of sp³-hybridized carbons (Fsp3) is 0. The van der Waals surface area contributed by atoms with E-state index in [0.717, 1.165) is 12.5 Å². The van der Waals surface area contributed by atoms with Gasteiger partial charge in [-0.1, -0.05) is 12.1 Å². The maximum Gasteiger partial charge on any atom is 0.358 e. The van der Waals surface area contributed by atoms with Gasteiger partial charge in [-0.3, -0.25) is 4.79 Å². The molecule has 0 bridgehead atoms. The second kappa shape index (κ2) is 6.35. The highest BCUT2D eigenvalue weighted by atomic mass is 127. The molecule has 0 aliphatic rings. The summed E-state index contributed by atoms with van der Waals surface area (Å²) in [7, 11) is 0. The van der Waals surface area contributed by atoms with Crippen LogP contribution in [0.2, 0.25) is 0 Å². The third-order valence-electron chi connectivity index (χ3n) is 4.34. The Morgan fingerprint density at radius 1 is 0.630 bits per heavy atom. The molecule has 5 rings (SSSR count). The predicted molar refractivity (Wildman–Crippen MR) is 99.9 cm³/mol. The molecule has 5 heteroatoms. The van der Waals surface area contributed by atoms with E-state index in [4.69, 9.17) is 8.83 Å². The van der Waals surface area contributed by atoms with E-state index in [0.29, 0.717) is 27.5 Å². The Bertz CT molecular complexity index is 1450. The Hall–Kier alpha value is -2.93. The molecule has 2 heterocycles. The molecule has 0 amide bonds. The van der Waals surface area contributed by atoms with Crippen LogP contribution in [0.3, 0.4) is 0 Å². The fourth-order valence-electron chi connectivity index (χ4n) is 3.05. The second-order valence-corrected chi connectivity index (χ2v) is 9.13. The molecule has 5 aromatic rings. The number of rotatable bonds is 2. The van der Waals surface area contributed by atoms with Gasteiger partial charge in [0.15, 0.2) is 7.14 Å².